The van der Waals surface area contributed by atoms with Gasteiger partial charge in [-0.05, 0) is 24.3 Å². The lowest BCUT2D eigenvalue weighted by atomic mass is 10.1. The number of hydrogen-bond donors (Lipinski definition) is 0. The van der Waals surface area contributed by atoms with Gasteiger partial charge in [-0.25, -0.2) is 0 Å². The van der Waals surface area contributed by atoms with E-state index < -0.39 is 0 Å². The molecule has 3 aromatic carbocycles. The third-order valence-electron chi connectivity index (χ3n) is 4.72. The fourth-order valence-electron chi connectivity index (χ4n) is 3.18. The molecule has 0 spiro atoms. The molecule has 1 heterocycles. The number of ether oxygens (including phenoxy) is 2. The van der Waals surface area contributed by atoms with Gasteiger partial charge in [0, 0.05) is 17.3 Å². The van der Waals surface area contributed by atoms with Crippen LogP contribution in [0.1, 0.15) is 10.4 Å². The molecule has 156 valence electrons. The normalized spacial score (nSPS) is 10.6. The second-order valence-corrected chi connectivity index (χ2v) is 7.56. The Bertz CT molecular complexity index is 1180. The Labute approximate surface area is 184 Å². The molecule has 0 aliphatic heterocycles. The fraction of sp³-hybridized carbons (Fsp3) is 0.125. The third-order valence-corrected chi connectivity index (χ3v) is 5.65. The summed E-state index contributed by atoms with van der Waals surface area (Å²) in [5.74, 6) is 1.98. The van der Waals surface area contributed by atoms with E-state index >= 15 is 0 Å². The highest BCUT2D eigenvalue weighted by Crippen LogP contribution is 2.30. The molecule has 0 unspecified atom stereocenters. The molecule has 0 aliphatic rings. The van der Waals surface area contributed by atoms with Crippen LogP contribution in [0.15, 0.2) is 84.0 Å². The maximum Gasteiger partial charge on any atom is 0.196 e. The molecule has 0 fully saturated rings. The first-order valence-corrected chi connectivity index (χ1v) is 10.6. The van der Waals surface area contributed by atoms with Crippen LogP contribution < -0.4 is 9.47 Å². The number of hydrogen-bond acceptors (Lipinski definition) is 6. The molecule has 6 nitrogen and oxygen atoms in total. The second-order valence-electron chi connectivity index (χ2n) is 6.62. The number of rotatable bonds is 8. The number of para-hydroxylation sites is 1. The van der Waals surface area contributed by atoms with Crippen molar-refractivity contribution in [2.75, 3.05) is 20.0 Å². The lowest BCUT2D eigenvalue weighted by Crippen LogP contribution is -2.07. The molecule has 0 amide bonds. The first kappa shape index (κ1) is 20.7. The summed E-state index contributed by atoms with van der Waals surface area (Å²) in [5.41, 5.74) is 2.39. The molecule has 4 aromatic rings. The summed E-state index contributed by atoms with van der Waals surface area (Å²) < 4.78 is 12.6. The minimum Gasteiger partial charge on any atom is -0.497 e. The molecule has 0 saturated heterocycles. The van der Waals surface area contributed by atoms with E-state index in [1.165, 1.54) is 18.9 Å². The molecule has 0 N–H and O–H groups in total. The summed E-state index contributed by atoms with van der Waals surface area (Å²) >= 11 is 1.34. The molecule has 4 rings (SSSR count). The Hall–Kier alpha value is -3.58. The van der Waals surface area contributed by atoms with E-state index in [-0.39, 0.29) is 11.5 Å². The molecule has 31 heavy (non-hydrogen) atoms. The number of carbonyl (C=O) groups excluding carboxylic acids is 1. The summed E-state index contributed by atoms with van der Waals surface area (Å²) in [4.78, 5) is 12.9. The van der Waals surface area contributed by atoms with Crippen LogP contribution in [0, 0.1) is 0 Å². The van der Waals surface area contributed by atoms with Crippen molar-refractivity contribution in [1.82, 2.24) is 14.8 Å². The van der Waals surface area contributed by atoms with Crippen molar-refractivity contribution < 1.29 is 14.3 Å². The lowest BCUT2D eigenvalue weighted by Gasteiger charge is -2.11. The Morgan fingerprint density at radius 1 is 0.903 bits per heavy atom. The molecule has 7 heteroatoms. The van der Waals surface area contributed by atoms with Crippen molar-refractivity contribution in [3.8, 4) is 28.6 Å². The monoisotopic (exact) mass is 431 g/mol. The number of methoxy groups -OCH3 is 2. The third kappa shape index (κ3) is 4.46. The van der Waals surface area contributed by atoms with Crippen LogP contribution in [0.3, 0.4) is 0 Å². The van der Waals surface area contributed by atoms with Gasteiger partial charge in [0.2, 0.25) is 0 Å². The zero-order valence-corrected chi connectivity index (χ0v) is 18.0. The molecule has 0 aliphatic carbocycles. The second kappa shape index (κ2) is 9.49. The van der Waals surface area contributed by atoms with Crippen LogP contribution in [0.2, 0.25) is 0 Å². The smallest absolute Gasteiger partial charge is 0.196 e. The number of Topliss-reactive ketones (excluding diaryl/α,β-unsaturated/α-hetero) is 1. The standard InChI is InChI=1S/C24H21N3O3S/c1-29-19-13-14-20(22(15-19)30-2)21(28)16-31-24-26-25-23(17-9-5-3-6-10-17)27(24)18-11-7-4-8-12-18/h3-15H,16H2,1-2H3. The summed E-state index contributed by atoms with van der Waals surface area (Å²) in [5, 5.41) is 9.43. The van der Waals surface area contributed by atoms with E-state index in [2.05, 4.69) is 10.2 Å². The number of ketones is 1. The minimum absolute atomic E-state index is 0.0617. The summed E-state index contributed by atoms with van der Waals surface area (Å²) in [6.45, 7) is 0. The number of nitrogens with zero attached hydrogens (tertiary/aromatic N) is 3. The predicted molar refractivity (Wildman–Crippen MR) is 121 cm³/mol. The van der Waals surface area contributed by atoms with Crippen LogP contribution in [-0.4, -0.2) is 40.5 Å². The maximum absolute atomic E-state index is 12.9. The van der Waals surface area contributed by atoms with Crippen molar-refractivity contribution in [1.29, 1.82) is 0 Å². The van der Waals surface area contributed by atoms with E-state index in [0.29, 0.717) is 22.2 Å². The van der Waals surface area contributed by atoms with Gasteiger partial charge in [-0.2, -0.15) is 0 Å². The highest BCUT2D eigenvalue weighted by Gasteiger charge is 2.19. The fourth-order valence-corrected chi connectivity index (χ4v) is 4.02. The number of benzene rings is 3. The first-order chi connectivity index (χ1) is 15.2. The minimum atomic E-state index is -0.0617. The van der Waals surface area contributed by atoms with Gasteiger partial charge in [0.05, 0.1) is 25.5 Å². The van der Waals surface area contributed by atoms with Crippen molar-refractivity contribution in [2.24, 2.45) is 0 Å². The number of carbonyl (C=O) groups is 1. The topological polar surface area (TPSA) is 66.2 Å². The van der Waals surface area contributed by atoms with Crippen LogP contribution in [-0.2, 0) is 0 Å². The largest absolute Gasteiger partial charge is 0.497 e. The zero-order chi connectivity index (χ0) is 21.6. The first-order valence-electron chi connectivity index (χ1n) is 9.65. The van der Waals surface area contributed by atoms with Crippen LogP contribution in [0.4, 0.5) is 0 Å². The van der Waals surface area contributed by atoms with E-state index in [4.69, 9.17) is 9.47 Å². The van der Waals surface area contributed by atoms with Crippen molar-refractivity contribution >= 4 is 17.5 Å². The van der Waals surface area contributed by atoms with Gasteiger partial charge in [0.15, 0.2) is 16.8 Å². The van der Waals surface area contributed by atoms with Gasteiger partial charge in [-0.15, -0.1) is 10.2 Å². The summed E-state index contributed by atoms with van der Waals surface area (Å²) in [7, 11) is 3.11. The van der Waals surface area contributed by atoms with E-state index in [0.717, 1.165) is 17.1 Å². The van der Waals surface area contributed by atoms with Gasteiger partial charge in [0.25, 0.3) is 0 Å². The zero-order valence-electron chi connectivity index (χ0n) is 17.2. The average molecular weight is 432 g/mol. The van der Waals surface area contributed by atoms with Crippen molar-refractivity contribution in [3.05, 3.63) is 84.4 Å². The van der Waals surface area contributed by atoms with Gasteiger partial charge >= 0.3 is 0 Å². The van der Waals surface area contributed by atoms with Gasteiger partial charge in [-0.1, -0.05) is 60.3 Å². The highest BCUT2D eigenvalue weighted by molar-refractivity contribution is 7.99. The summed E-state index contributed by atoms with van der Waals surface area (Å²) in [6, 6.07) is 24.9. The van der Waals surface area contributed by atoms with Crippen LogP contribution in [0.5, 0.6) is 11.5 Å². The van der Waals surface area contributed by atoms with E-state index in [1.54, 1.807) is 25.3 Å². The molecular formula is C24H21N3O3S. The van der Waals surface area contributed by atoms with Gasteiger partial charge < -0.3 is 9.47 Å². The maximum atomic E-state index is 12.9. The molecule has 0 radical (unpaired) electrons. The Balaban J connectivity index is 1.64. The molecular weight excluding hydrogens is 410 g/mol. The van der Waals surface area contributed by atoms with Crippen molar-refractivity contribution in [3.63, 3.8) is 0 Å². The molecule has 0 atom stereocenters. The Morgan fingerprint density at radius 3 is 2.29 bits per heavy atom. The van der Waals surface area contributed by atoms with E-state index in [9.17, 15) is 4.79 Å². The molecule has 0 bridgehead atoms. The Morgan fingerprint density at radius 2 is 1.61 bits per heavy atom. The Kier molecular flexibility index (Phi) is 6.33. The SMILES string of the molecule is COc1ccc(C(=O)CSc2nnc(-c3ccccc3)n2-c2ccccc2)c(OC)c1. The lowest BCUT2D eigenvalue weighted by molar-refractivity contribution is 0.101. The van der Waals surface area contributed by atoms with Crippen LogP contribution in [0.25, 0.3) is 17.1 Å². The van der Waals surface area contributed by atoms with Crippen LogP contribution >= 0.6 is 11.8 Å². The van der Waals surface area contributed by atoms with Gasteiger partial charge in [0.1, 0.15) is 11.5 Å². The quantitative estimate of drug-likeness (QED) is 0.291. The highest BCUT2D eigenvalue weighted by atomic mass is 32.2. The number of thioether (sulfide) groups is 1. The summed E-state index contributed by atoms with van der Waals surface area (Å²) in [6.07, 6.45) is 0. The van der Waals surface area contributed by atoms with Gasteiger partial charge in [-0.3, -0.25) is 9.36 Å². The van der Waals surface area contributed by atoms with Crippen molar-refractivity contribution in [2.45, 2.75) is 5.16 Å². The average Bonchev–Trinajstić information content (AvgIpc) is 3.27. The molecule has 0 saturated carbocycles. The van der Waals surface area contributed by atoms with E-state index in [1.807, 2.05) is 65.2 Å². The molecule has 1 aromatic heterocycles. The number of aromatic nitrogens is 3. The predicted octanol–water partition coefficient (Wildman–Crippen LogP) is 4.93.